The van der Waals surface area contributed by atoms with Crippen LogP contribution in [0.4, 0.5) is 4.39 Å². The van der Waals surface area contributed by atoms with Gasteiger partial charge in [-0.3, -0.25) is 4.79 Å². The number of halogens is 1. The van der Waals surface area contributed by atoms with Crippen molar-refractivity contribution in [1.82, 2.24) is 5.32 Å². The number of carbonyl (C=O) groups is 1. The molecular weight excluding hydrogens is 269 g/mol. The molecule has 1 fully saturated rings. The largest absolute Gasteiger partial charge is 0.387 e. The van der Waals surface area contributed by atoms with Crippen molar-refractivity contribution in [2.75, 3.05) is 6.54 Å². The molecule has 0 spiro atoms. The fraction of sp³-hybridized carbons (Fsp3) is 0.308. The highest BCUT2D eigenvalue weighted by Crippen LogP contribution is 2.27. The van der Waals surface area contributed by atoms with Gasteiger partial charge in [0.15, 0.2) is 5.78 Å². The van der Waals surface area contributed by atoms with Gasteiger partial charge in [0.05, 0.1) is 0 Å². The molecule has 0 aliphatic carbocycles. The van der Waals surface area contributed by atoms with Crippen LogP contribution in [-0.2, 0) is 14.6 Å². The molecule has 1 N–H and O–H groups in total. The number of carbonyl (C=O) groups excluding carboxylic acids is 1. The molecule has 1 heterocycles. The molecule has 1 saturated heterocycles. The second-order valence-electron chi connectivity index (χ2n) is 4.33. The monoisotopic (exact) mass is 283 g/mol. The minimum Gasteiger partial charge on any atom is -0.387 e. The van der Waals surface area contributed by atoms with Gasteiger partial charge in [0.25, 0.3) is 0 Å². The maximum absolute atomic E-state index is 13.7. The molecule has 1 aliphatic heterocycles. The first kappa shape index (κ1) is 13.7. The van der Waals surface area contributed by atoms with Crippen LogP contribution < -0.4 is 5.32 Å². The Morgan fingerprint density at radius 1 is 1.32 bits per heavy atom. The molecule has 0 amide bonds. The highest BCUT2D eigenvalue weighted by molar-refractivity contribution is 7.96. The van der Waals surface area contributed by atoms with Crippen LogP contribution in [0, 0.1) is 5.82 Å². The quantitative estimate of drug-likeness (QED) is 0.859. The van der Waals surface area contributed by atoms with E-state index in [1.807, 2.05) is 0 Å². The molecule has 0 saturated carbocycles. The summed E-state index contributed by atoms with van der Waals surface area (Å²) in [7, 11) is -4.12. The molecule has 1 aromatic rings. The van der Waals surface area contributed by atoms with E-state index >= 15 is 0 Å². The number of hydrogen-bond acceptors (Lipinski definition) is 4. The number of Topliss-reactive ketones (excluding diaryl/α,β-unsaturated/α-hetero) is 1. The van der Waals surface area contributed by atoms with Crippen LogP contribution in [0.25, 0.3) is 0 Å². The molecule has 1 aliphatic rings. The van der Waals surface area contributed by atoms with E-state index in [9.17, 15) is 17.6 Å². The van der Waals surface area contributed by atoms with Gasteiger partial charge in [0.1, 0.15) is 15.6 Å². The lowest BCUT2D eigenvalue weighted by molar-refractivity contribution is -0.113. The zero-order valence-corrected chi connectivity index (χ0v) is 11.3. The first-order valence-electron chi connectivity index (χ1n) is 5.92. The predicted molar refractivity (Wildman–Crippen MR) is 68.5 cm³/mol. The fourth-order valence-electron chi connectivity index (χ4n) is 2.12. The van der Waals surface area contributed by atoms with Crippen molar-refractivity contribution >= 4 is 15.6 Å². The van der Waals surface area contributed by atoms with Crippen LogP contribution in [0.1, 0.15) is 19.8 Å². The molecule has 0 bridgehead atoms. The summed E-state index contributed by atoms with van der Waals surface area (Å²) in [5.74, 6) is -1.42. The molecule has 0 radical (unpaired) electrons. The van der Waals surface area contributed by atoms with Gasteiger partial charge in [-0.2, -0.15) is 0 Å². The third kappa shape index (κ3) is 2.53. The molecule has 0 aromatic heterocycles. The molecule has 6 heteroatoms. The second-order valence-corrected chi connectivity index (χ2v) is 6.18. The standard InChI is InChI=1S/C13H14FNO3S/c1-9(16)13(11-6-4-8-15-11)19(17,18)12-7-3-2-5-10(12)14/h2-3,5,7,15H,4,6,8H2,1H3/b13-11-. The lowest BCUT2D eigenvalue weighted by Gasteiger charge is -2.11. The number of ketones is 1. The Morgan fingerprint density at radius 3 is 2.53 bits per heavy atom. The number of rotatable bonds is 3. The van der Waals surface area contributed by atoms with Crippen molar-refractivity contribution in [2.45, 2.75) is 24.7 Å². The number of nitrogens with one attached hydrogen (secondary N) is 1. The molecule has 1 aromatic carbocycles. The number of benzene rings is 1. The molecule has 4 nitrogen and oxygen atoms in total. The van der Waals surface area contributed by atoms with Gasteiger partial charge in [-0.1, -0.05) is 12.1 Å². The van der Waals surface area contributed by atoms with Crippen LogP contribution in [0.15, 0.2) is 39.8 Å². The molecule has 102 valence electrons. The van der Waals surface area contributed by atoms with E-state index in [-0.39, 0.29) is 4.91 Å². The van der Waals surface area contributed by atoms with E-state index in [1.165, 1.54) is 25.1 Å². The van der Waals surface area contributed by atoms with E-state index in [0.717, 1.165) is 12.5 Å². The molecule has 0 atom stereocenters. The smallest absolute Gasteiger partial charge is 0.214 e. The highest BCUT2D eigenvalue weighted by Gasteiger charge is 2.31. The lowest BCUT2D eigenvalue weighted by Crippen LogP contribution is -2.19. The lowest BCUT2D eigenvalue weighted by atomic mass is 10.2. The van der Waals surface area contributed by atoms with Crippen molar-refractivity contribution in [1.29, 1.82) is 0 Å². The van der Waals surface area contributed by atoms with E-state index in [0.29, 0.717) is 18.7 Å². The van der Waals surface area contributed by atoms with Crippen molar-refractivity contribution in [2.24, 2.45) is 0 Å². The summed E-state index contributed by atoms with van der Waals surface area (Å²) in [5, 5.41) is 2.89. The zero-order chi connectivity index (χ0) is 14.0. The van der Waals surface area contributed by atoms with Crippen LogP contribution in [0.3, 0.4) is 0 Å². The van der Waals surface area contributed by atoms with Gasteiger partial charge in [-0.15, -0.1) is 0 Å². The molecule has 0 unspecified atom stereocenters. The Bertz CT molecular complexity index is 642. The van der Waals surface area contributed by atoms with E-state index in [2.05, 4.69) is 5.32 Å². The first-order valence-corrected chi connectivity index (χ1v) is 7.40. The van der Waals surface area contributed by atoms with E-state index in [4.69, 9.17) is 0 Å². The normalized spacial score (nSPS) is 18.0. The average molecular weight is 283 g/mol. The van der Waals surface area contributed by atoms with Crippen molar-refractivity contribution < 1.29 is 17.6 Å². The maximum atomic E-state index is 13.7. The van der Waals surface area contributed by atoms with Gasteiger partial charge in [0, 0.05) is 12.2 Å². The topological polar surface area (TPSA) is 63.2 Å². The Hall–Kier alpha value is -1.69. The van der Waals surface area contributed by atoms with Gasteiger partial charge in [-0.05, 0) is 31.9 Å². The molecular formula is C13H14FNO3S. The van der Waals surface area contributed by atoms with Crippen LogP contribution in [-0.4, -0.2) is 20.7 Å². The SMILES string of the molecule is CC(=O)/C(=C1\CCCN1)S(=O)(=O)c1ccccc1F. The predicted octanol–water partition coefficient (Wildman–Crippen LogP) is 1.78. The van der Waals surface area contributed by atoms with Crippen LogP contribution in [0.5, 0.6) is 0 Å². The van der Waals surface area contributed by atoms with Crippen LogP contribution in [0.2, 0.25) is 0 Å². The molecule has 2 rings (SSSR count). The Kier molecular flexibility index (Phi) is 3.71. The summed E-state index contributed by atoms with van der Waals surface area (Å²) in [6, 6.07) is 5.07. The summed E-state index contributed by atoms with van der Waals surface area (Å²) in [6.07, 6.45) is 1.25. The summed E-state index contributed by atoms with van der Waals surface area (Å²) in [5.41, 5.74) is 0.385. The second kappa shape index (κ2) is 5.13. The number of sulfone groups is 1. The van der Waals surface area contributed by atoms with E-state index < -0.39 is 26.3 Å². The highest BCUT2D eigenvalue weighted by atomic mass is 32.2. The summed E-state index contributed by atoms with van der Waals surface area (Å²) in [4.78, 5) is 10.9. The Labute approximate surface area is 111 Å². The van der Waals surface area contributed by atoms with Gasteiger partial charge in [0.2, 0.25) is 9.84 Å². The third-order valence-corrected chi connectivity index (χ3v) is 4.91. The van der Waals surface area contributed by atoms with Gasteiger partial charge in [-0.25, -0.2) is 12.8 Å². The van der Waals surface area contributed by atoms with Crippen molar-refractivity contribution in [3.05, 3.63) is 40.7 Å². The van der Waals surface area contributed by atoms with E-state index in [1.54, 1.807) is 0 Å². The number of allylic oxidation sites excluding steroid dienone is 2. The Morgan fingerprint density at radius 2 is 2.00 bits per heavy atom. The maximum Gasteiger partial charge on any atom is 0.214 e. The average Bonchev–Trinajstić information content (AvgIpc) is 2.82. The summed E-state index contributed by atoms with van der Waals surface area (Å²) in [6.45, 7) is 1.81. The third-order valence-electron chi connectivity index (χ3n) is 2.93. The summed E-state index contributed by atoms with van der Waals surface area (Å²) < 4.78 is 38.5. The van der Waals surface area contributed by atoms with Gasteiger partial charge < -0.3 is 5.32 Å². The summed E-state index contributed by atoms with van der Waals surface area (Å²) >= 11 is 0. The van der Waals surface area contributed by atoms with Crippen molar-refractivity contribution in [3.8, 4) is 0 Å². The van der Waals surface area contributed by atoms with Gasteiger partial charge >= 0.3 is 0 Å². The van der Waals surface area contributed by atoms with Crippen LogP contribution >= 0.6 is 0 Å². The molecule has 19 heavy (non-hydrogen) atoms. The first-order chi connectivity index (χ1) is 8.94. The number of hydrogen-bond donors (Lipinski definition) is 1. The fourth-order valence-corrected chi connectivity index (χ4v) is 3.80. The minimum absolute atomic E-state index is 0.324. The Balaban J connectivity index is 2.63. The van der Waals surface area contributed by atoms with Crippen molar-refractivity contribution in [3.63, 3.8) is 0 Å². The minimum atomic E-state index is -4.12. The zero-order valence-electron chi connectivity index (χ0n) is 10.4.